The van der Waals surface area contributed by atoms with Crippen LogP contribution in [-0.2, 0) is 4.79 Å². The molecule has 120 valence electrons. The average molecular weight is 320 g/mol. The lowest BCUT2D eigenvalue weighted by Gasteiger charge is -2.12. The molecule has 0 radical (unpaired) electrons. The molecule has 0 bridgehead atoms. The summed E-state index contributed by atoms with van der Waals surface area (Å²) in [5, 5.41) is 3.76. The predicted molar refractivity (Wildman–Crippen MR) is 92.9 cm³/mol. The summed E-state index contributed by atoms with van der Waals surface area (Å²) in [6.07, 6.45) is 1.95. The summed E-state index contributed by atoms with van der Waals surface area (Å²) in [6, 6.07) is 7.95. The van der Waals surface area contributed by atoms with Gasteiger partial charge in [0.15, 0.2) is 0 Å². The van der Waals surface area contributed by atoms with E-state index in [1.165, 1.54) is 0 Å². The van der Waals surface area contributed by atoms with Crippen molar-refractivity contribution in [1.29, 1.82) is 0 Å². The molecule has 1 N–H and O–H groups in total. The Morgan fingerprint density at radius 1 is 1.27 bits per heavy atom. The summed E-state index contributed by atoms with van der Waals surface area (Å²) in [7, 11) is 0. The van der Waals surface area contributed by atoms with Crippen LogP contribution in [0.15, 0.2) is 29.3 Å². The highest BCUT2D eigenvalue weighted by Crippen LogP contribution is 2.31. The number of carbonyl (C=O) groups is 1. The summed E-state index contributed by atoms with van der Waals surface area (Å²) in [5.74, 6) is 0.959. The third-order valence-corrected chi connectivity index (χ3v) is 4.81. The van der Waals surface area contributed by atoms with E-state index >= 15 is 0 Å². The number of ether oxygens (including phenoxy) is 1. The monoisotopic (exact) mass is 320 g/mol. The van der Waals surface area contributed by atoms with Gasteiger partial charge in [-0.3, -0.25) is 9.79 Å². The summed E-state index contributed by atoms with van der Waals surface area (Å²) < 4.78 is 5.59. The lowest BCUT2D eigenvalue weighted by molar-refractivity contribution is -0.120. The lowest BCUT2D eigenvalue weighted by Crippen LogP contribution is -2.37. The minimum Gasteiger partial charge on any atom is -0.494 e. The lowest BCUT2D eigenvalue weighted by atomic mass is 10.2. The van der Waals surface area contributed by atoms with Crippen molar-refractivity contribution >= 4 is 22.7 Å². The van der Waals surface area contributed by atoms with Gasteiger partial charge in [0.25, 0.3) is 0 Å². The predicted octanol–water partition coefficient (Wildman–Crippen LogP) is 3.25. The summed E-state index contributed by atoms with van der Waals surface area (Å²) >= 11 is 1.55. The normalized spacial score (nSPS) is 20.6. The third kappa shape index (κ3) is 4.26. The van der Waals surface area contributed by atoms with Crippen LogP contribution < -0.4 is 10.1 Å². The number of rotatable bonds is 7. The van der Waals surface area contributed by atoms with Gasteiger partial charge >= 0.3 is 0 Å². The standard InChI is InChI=1S/C17H24N2O2S/c1-4-10-18-16(20)15-12(3)19-17(22-15)13-6-8-14(9-7-13)21-11-5-2/h6-9,12,15H,4-5,10-11H2,1-3H3,(H,18,20). The molecule has 1 amide bonds. The molecule has 5 heteroatoms. The average Bonchev–Trinajstić information content (AvgIpc) is 2.93. The maximum absolute atomic E-state index is 12.1. The van der Waals surface area contributed by atoms with Gasteiger partial charge in [0.1, 0.15) is 11.0 Å². The molecule has 1 aliphatic rings. The molecule has 0 aromatic heterocycles. The maximum Gasteiger partial charge on any atom is 0.235 e. The van der Waals surface area contributed by atoms with E-state index in [2.05, 4.69) is 24.2 Å². The Kier molecular flexibility index (Phi) is 6.31. The fraction of sp³-hybridized carbons (Fsp3) is 0.529. The van der Waals surface area contributed by atoms with Gasteiger partial charge in [-0.25, -0.2) is 0 Å². The number of hydrogen-bond acceptors (Lipinski definition) is 4. The summed E-state index contributed by atoms with van der Waals surface area (Å²) in [6.45, 7) is 7.58. The highest BCUT2D eigenvalue weighted by molar-refractivity contribution is 8.15. The first-order chi connectivity index (χ1) is 10.7. The fourth-order valence-electron chi connectivity index (χ4n) is 2.18. The van der Waals surface area contributed by atoms with Crippen LogP contribution in [0.25, 0.3) is 0 Å². The van der Waals surface area contributed by atoms with E-state index in [9.17, 15) is 4.79 Å². The first kappa shape index (κ1) is 16.9. The zero-order valence-electron chi connectivity index (χ0n) is 13.5. The molecule has 0 saturated carbocycles. The quantitative estimate of drug-likeness (QED) is 0.839. The number of carbonyl (C=O) groups excluding carboxylic acids is 1. The summed E-state index contributed by atoms with van der Waals surface area (Å²) in [4.78, 5) is 16.8. The second-order valence-corrected chi connectivity index (χ2v) is 6.51. The highest BCUT2D eigenvalue weighted by atomic mass is 32.2. The molecule has 1 aromatic carbocycles. The van der Waals surface area contributed by atoms with Gasteiger partial charge in [-0.2, -0.15) is 0 Å². The summed E-state index contributed by atoms with van der Waals surface area (Å²) in [5.41, 5.74) is 1.05. The minimum absolute atomic E-state index is 0.00729. The Morgan fingerprint density at radius 2 is 2.00 bits per heavy atom. The first-order valence-electron chi connectivity index (χ1n) is 7.91. The van der Waals surface area contributed by atoms with E-state index in [0.717, 1.165) is 42.3 Å². The minimum atomic E-state index is -0.127. The number of aliphatic imine (C=N–C) groups is 1. The molecule has 1 aromatic rings. The van der Waals surface area contributed by atoms with Crippen LogP contribution in [0, 0.1) is 0 Å². The smallest absolute Gasteiger partial charge is 0.235 e. The van der Waals surface area contributed by atoms with Crippen molar-refractivity contribution in [3.05, 3.63) is 29.8 Å². The van der Waals surface area contributed by atoms with Crippen LogP contribution in [0.1, 0.15) is 39.2 Å². The second kappa shape index (κ2) is 8.22. The van der Waals surface area contributed by atoms with E-state index in [0.29, 0.717) is 0 Å². The molecule has 2 rings (SSSR count). The van der Waals surface area contributed by atoms with Crippen molar-refractivity contribution in [3.8, 4) is 5.75 Å². The molecule has 2 unspecified atom stereocenters. The van der Waals surface area contributed by atoms with E-state index in [-0.39, 0.29) is 17.2 Å². The highest BCUT2D eigenvalue weighted by Gasteiger charge is 2.33. The van der Waals surface area contributed by atoms with Gasteiger partial charge in [-0.15, -0.1) is 0 Å². The molecule has 0 saturated heterocycles. The molecule has 1 heterocycles. The SMILES string of the molecule is CCCNC(=O)C1SC(c2ccc(OCCC)cc2)=NC1C. The maximum atomic E-state index is 12.1. The Morgan fingerprint density at radius 3 is 2.64 bits per heavy atom. The van der Waals surface area contributed by atoms with Gasteiger partial charge in [0.05, 0.1) is 17.7 Å². The molecule has 22 heavy (non-hydrogen) atoms. The Labute approximate surface area is 136 Å². The van der Waals surface area contributed by atoms with Crippen molar-refractivity contribution in [2.45, 2.75) is 44.9 Å². The zero-order chi connectivity index (χ0) is 15.9. The number of benzene rings is 1. The zero-order valence-corrected chi connectivity index (χ0v) is 14.3. The third-order valence-electron chi connectivity index (χ3n) is 3.38. The molecular formula is C17H24N2O2S. The van der Waals surface area contributed by atoms with E-state index < -0.39 is 0 Å². The van der Waals surface area contributed by atoms with Gasteiger partial charge in [0.2, 0.25) is 5.91 Å². The molecule has 4 nitrogen and oxygen atoms in total. The molecule has 2 atom stereocenters. The Balaban J connectivity index is 1.98. The molecule has 0 spiro atoms. The van der Waals surface area contributed by atoms with Gasteiger partial charge in [-0.05, 0) is 44.0 Å². The fourth-order valence-corrected chi connectivity index (χ4v) is 3.37. The van der Waals surface area contributed by atoms with E-state index in [1.54, 1.807) is 11.8 Å². The van der Waals surface area contributed by atoms with Crippen LogP contribution in [-0.4, -0.2) is 35.4 Å². The van der Waals surface area contributed by atoms with Crippen LogP contribution in [0.3, 0.4) is 0 Å². The topological polar surface area (TPSA) is 50.7 Å². The number of amides is 1. The molecule has 0 aliphatic carbocycles. The Hall–Kier alpha value is -1.49. The Bertz CT molecular complexity index is 528. The van der Waals surface area contributed by atoms with Gasteiger partial charge < -0.3 is 10.1 Å². The van der Waals surface area contributed by atoms with E-state index in [1.807, 2.05) is 31.2 Å². The van der Waals surface area contributed by atoms with Gasteiger partial charge in [-0.1, -0.05) is 25.6 Å². The molecule has 1 aliphatic heterocycles. The van der Waals surface area contributed by atoms with Crippen LogP contribution in [0.5, 0.6) is 5.75 Å². The van der Waals surface area contributed by atoms with Crippen molar-refractivity contribution in [2.75, 3.05) is 13.2 Å². The number of thioether (sulfide) groups is 1. The van der Waals surface area contributed by atoms with Crippen molar-refractivity contribution in [1.82, 2.24) is 5.32 Å². The van der Waals surface area contributed by atoms with Gasteiger partial charge in [0, 0.05) is 12.1 Å². The number of nitrogens with zero attached hydrogens (tertiary/aromatic N) is 1. The van der Waals surface area contributed by atoms with Crippen molar-refractivity contribution < 1.29 is 9.53 Å². The van der Waals surface area contributed by atoms with E-state index in [4.69, 9.17) is 4.74 Å². The number of nitrogens with one attached hydrogen (secondary N) is 1. The van der Waals surface area contributed by atoms with Crippen molar-refractivity contribution in [2.24, 2.45) is 4.99 Å². The number of hydrogen-bond donors (Lipinski definition) is 1. The molecule has 0 fully saturated rings. The first-order valence-corrected chi connectivity index (χ1v) is 8.79. The second-order valence-electron chi connectivity index (χ2n) is 5.38. The molecular weight excluding hydrogens is 296 g/mol. The van der Waals surface area contributed by atoms with Crippen LogP contribution in [0.2, 0.25) is 0 Å². The van der Waals surface area contributed by atoms with Crippen LogP contribution in [0.4, 0.5) is 0 Å². The largest absolute Gasteiger partial charge is 0.494 e. The van der Waals surface area contributed by atoms with Crippen LogP contribution >= 0.6 is 11.8 Å². The van der Waals surface area contributed by atoms with Crippen molar-refractivity contribution in [3.63, 3.8) is 0 Å².